The molecule has 0 fully saturated rings. The Hall–Kier alpha value is -1.72. The first-order chi connectivity index (χ1) is 10.0. The number of rotatable bonds is 3. The maximum atomic E-state index is 5.22. The quantitative estimate of drug-likeness (QED) is 0.481. The van der Waals surface area contributed by atoms with E-state index in [0.717, 1.165) is 21.4 Å². The predicted octanol–water partition coefficient (Wildman–Crippen LogP) is 4.47. The number of hydrogen-bond donors (Lipinski definition) is 2. The number of anilines is 1. The van der Waals surface area contributed by atoms with Crippen molar-refractivity contribution in [3.63, 3.8) is 0 Å². The molecule has 0 atom stereocenters. The highest BCUT2D eigenvalue weighted by Crippen LogP contribution is 2.12. The van der Waals surface area contributed by atoms with E-state index in [0.29, 0.717) is 5.11 Å². The second-order valence-electron chi connectivity index (χ2n) is 4.64. The van der Waals surface area contributed by atoms with Gasteiger partial charge < -0.3 is 5.32 Å². The Morgan fingerprint density at radius 3 is 2.52 bits per heavy atom. The van der Waals surface area contributed by atoms with E-state index in [1.165, 1.54) is 5.56 Å². The molecule has 0 radical (unpaired) electrons. The van der Waals surface area contributed by atoms with Gasteiger partial charge in [-0.15, -0.1) is 0 Å². The lowest BCUT2D eigenvalue weighted by atomic mass is 10.1. The van der Waals surface area contributed by atoms with Crippen LogP contribution in [0.1, 0.15) is 18.1 Å². The fourth-order valence-corrected chi connectivity index (χ4v) is 2.27. The van der Waals surface area contributed by atoms with Crippen LogP contribution in [0.2, 0.25) is 0 Å². The van der Waals surface area contributed by atoms with Crippen LogP contribution in [0, 0.1) is 6.92 Å². The number of nitrogens with zero attached hydrogens (tertiary/aromatic N) is 1. The largest absolute Gasteiger partial charge is 0.331 e. The average Bonchev–Trinajstić information content (AvgIpc) is 2.47. The Bertz CT molecular complexity index is 665. The van der Waals surface area contributed by atoms with Gasteiger partial charge >= 0.3 is 0 Å². The molecule has 0 aromatic heterocycles. The van der Waals surface area contributed by atoms with E-state index in [1.807, 2.05) is 62.4 Å². The summed E-state index contributed by atoms with van der Waals surface area (Å²) in [6, 6.07) is 16.0. The molecule has 2 rings (SSSR count). The van der Waals surface area contributed by atoms with E-state index in [-0.39, 0.29) is 0 Å². The molecule has 0 bridgehead atoms. The Kier molecular flexibility index (Phi) is 5.47. The van der Waals surface area contributed by atoms with Crippen LogP contribution < -0.4 is 10.7 Å². The van der Waals surface area contributed by atoms with Crippen LogP contribution in [-0.4, -0.2) is 10.8 Å². The van der Waals surface area contributed by atoms with Crippen molar-refractivity contribution < 1.29 is 0 Å². The molecule has 108 valence electrons. The molecule has 2 N–H and O–H groups in total. The molecular formula is C16H16BrN3S. The average molecular weight is 362 g/mol. The Balaban J connectivity index is 1.96. The molecule has 3 nitrogen and oxygen atoms in total. The molecule has 0 aliphatic rings. The maximum absolute atomic E-state index is 5.22. The fourth-order valence-electron chi connectivity index (χ4n) is 1.71. The SMILES string of the molecule is C/C(=N/NC(=S)Nc1ccc(C)cc1)c1cccc(Br)c1. The molecule has 0 aliphatic carbocycles. The van der Waals surface area contributed by atoms with Crippen molar-refractivity contribution in [1.82, 2.24) is 5.43 Å². The van der Waals surface area contributed by atoms with E-state index < -0.39 is 0 Å². The third-order valence-corrected chi connectivity index (χ3v) is 3.56. The standard InChI is InChI=1S/C16H16BrN3S/c1-11-6-8-15(9-7-11)18-16(21)20-19-12(2)13-4-3-5-14(17)10-13/h3-10H,1-2H3,(H2,18,20,21)/b19-12-. The first-order valence-corrected chi connectivity index (χ1v) is 7.68. The van der Waals surface area contributed by atoms with Gasteiger partial charge in [0, 0.05) is 10.2 Å². The number of hydrogen-bond acceptors (Lipinski definition) is 2. The van der Waals surface area contributed by atoms with E-state index in [2.05, 4.69) is 31.8 Å². The highest BCUT2D eigenvalue weighted by atomic mass is 79.9. The minimum absolute atomic E-state index is 0.466. The van der Waals surface area contributed by atoms with Gasteiger partial charge in [0.2, 0.25) is 0 Å². The number of halogens is 1. The number of benzene rings is 2. The van der Waals surface area contributed by atoms with Crippen molar-refractivity contribution in [2.45, 2.75) is 13.8 Å². The monoisotopic (exact) mass is 361 g/mol. The zero-order valence-electron chi connectivity index (χ0n) is 11.9. The summed E-state index contributed by atoms with van der Waals surface area (Å²) in [5.74, 6) is 0. The van der Waals surface area contributed by atoms with Crippen LogP contribution in [-0.2, 0) is 0 Å². The van der Waals surface area contributed by atoms with E-state index >= 15 is 0 Å². The predicted molar refractivity (Wildman–Crippen MR) is 96.9 cm³/mol. The fraction of sp³-hybridized carbons (Fsp3) is 0.125. The lowest BCUT2D eigenvalue weighted by Crippen LogP contribution is -2.24. The highest BCUT2D eigenvalue weighted by molar-refractivity contribution is 9.10. The van der Waals surface area contributed by atoms with Gasteiger partial charge in [-0.05, 0) is 55.9 Å². The first kappa shape index (κ1) is 15.7. The van der Waals surface area contributed by atoms with Crippen LogP contribution in [0.3, 0.4) is 0 Å². The second-order valence-corrected chi connectivity index (χ2v) is 5.96. The normalized spacial score (nSPS) is 11.1. The molecular weight excluding hydrogens is 346 g/mol. The van der Waals surface area contributed by atoms with Crippen molar-refractivity contribution in [2.24, 2.45) is 5.10 Å². The van der Waals surface area contributed by atoms with Crippen LogP contribution in [0.15, 0.2) is 58.1 Å². The van der Waals surface area contributed by atoms with Crippen molar-refractivity contribution in [1.29, 1.82) is 0 Å². The zero-order chi connectivity index (χ0) is 15.2. The summed E-state index contributed by atoms with van der Waals surface area (Å²) in [6.45, 7) is 3.98. The van der Waals surface area contributed by atoms with Crippen LogP contribution in [0.5, 0.6) is 0 Å². The lowest BCUT2D eigenvalue weighted by molar-refractivity contribution is 1.04. The molecule has 0 saturated heterocycles. The molecule has 2 aromatic carbocycles. The van der Waals surface area contributed by atoms with Gasteiger partial charge in [0.25, 0.3) is 0 Å². The summed E-state index contributed by atoms with van der Waals surface area (Å²) in [5, 5.41) is 7.85. The summed E-state index contributed by atoms with van der Waals surface area (Å²) in [6.07, 6.45) is 0. The summed E-state index contributed by atoms with van der Waals surface area (Å²) in [5.41, 5.74) is 6.91. The van der Waals surface area contributed by atoms with Crippen molar-refractivity contribution in [2.75, 3.05) is 5.32 Å². The Morgan fingerprint density at radius 1 is 1.14 bits per heavy atom. The van der Waals surface area contributed by atoms with Gasteiger partial charge in [-0.1, -0.05) is 45.8 Å². The van der Waals surface area contributed by atoms with Gasteiger partial charge in [0.1, 0.15) is 0 Å². The molecule has 0 unspecified atom stereocenters. The van der Waals surface area contributed by atoms with E-state index in [9.17, 15) is 0 Å². The smallest absolute Gasteiger partial charge is 0.191 e. The molecule has 5 heteroatoms. The molecule has 0 amide bonds. The zero-order valence-corrected chi connectivity index (χ0v) is 14.3. The van der Waals surface area contributed by atoms with Crippen molar-refractivity contribution in [3.05, 3.63) is 64.1 Å². The van der Waals surface area contributed by atoms with Gasteiger partial charge in [-0.25, -0.2) is 0 Å². The van der Waals surface area contributed by atoms with Crippen LogP contribution in [0.4, 0.5) is 5.69 Å². The van der Waals surface area contributed by atoms with Gasteiger partial charge in [0.05, 0.1) is 5.71 Å². The number of nitrogens with one attached hydrogen (secondary N) is 2. The molecule has 0 spiro atoms. The Labute approximate surface area is 138 Å². The summed E-state index contributed by atoms with van der Waals surface area (Å²) >= 11 is 8.67. The number of aryl methyl sites for hydroxylation is 1. The molecule has 0 saturated carbocycles. The van der Waals surface area contributed by atoms with Crippen molar-refractivity contribution >= 4 is 44.7 Å². The molecule has 21 heavy (non-hydrogen) atoms. The first-order valence-electron chi connectivity index (χ1n) is 6.48. The van der Waals surface area contributed by atoms with Gasteiger partial charge in [0.15, 0.2) is 5.11 Å². The van der Waals surface area contributed by atoms with Gasteiger partial charge in [-0.2, -0.15) is 5.10 Å². The van der Waals surface area contributed by atoms with Gasteiger partial charge in [-0.3, -0.25) is 5.43 Å². The summed E-state index contributed by atoms with van der Waals surface area (Å²) < 4.78 is 1.02. The minimum atomic E-state index is 0.466. The number of hydrazone groups is 1. The third-order valence-electron chi connectivity index (χ3n) is 2.88. The molecule has 2 aromatic rings. The lowest BCUT2D eigenvalue weighted by Gasteiger charge is -2.08. The highest BCUT2D eigenvalue weighted by Gasteiger charge is 2.00. The summed E-state index contributed by atoms with van der Waals surface area (Å²) in [7, 11) is 0. The Morgan fingerprint density at radius 2 is 1.86 bits per heavy atom. The molecule has 0 aliphatic heterocycles. The van der Waals surface area contributed by atoms with Crippen LogP contribution >= 0.6 is 28.1 Å². The van der Waals surface area contributed by atoms with E-state index in [1.54, 1.807) is 0 Å². The van der Waals surface area contributed by atoms with Crippen LogP contribution in [0.25, 0.3) is 0 Å². The van der Waals surface area contributed by atoms with E-state index in [4.69, 9.17) is 12.2 Å². The second kappa shape index (κ2) is 7.33. The molecule has 0 heterocycles. The van der Waals surface area contributed by atoms with Crippen molar-refractivity contribution in [3.8, 4) is 0 Å². The minimum Gasteiger partial charge on any atom is -0.331 e. The third kappa shape index (κ3) is 4.95. The number of thiocarbonyl (C=S) groups is 1. The summed E-state index contributed by atoms with van der Waals surface area (Å²) in [4.78, 5) is 0. The maximum Gasteiger partial charge on any atom is 0.191 e. The topological polar surface area (TPSA) is 36.4 Å².